The zero-order valence-corrected chi connectivity index (χ0v) is 12.9. The number of benzene rings is 1. The van der Waals surface area contributed by atoms with Crippen LogP contribution in [-0.2, 0) is 6.42 Å². The Morgan fingerprint density at radius 3 is 2.57 bits per heavy atom. The summed E-state index contributed by atoms with van der Waals surface area (Å²) in [6.07, 6.45) is 6.40. The highest BCUT2D eigenvalue weighted by atomic mass is 19.1. The molecule has 0 aromatic heterocycles. The Balaban J connectivity index is 1.49. The molecule has 2 nitrogen and oxygen atoms in total. The molecule has 0 amide bonds. The Morgan fingerprint density at radius 1 is 1.05 bits per heavy atom. The number of nitrogens with one attached hydrogen (secondary N) is 1. The average Bonchev–Trinajstić information content (AvgIpc) is 2.51. The Kier molecular flexibility index (Phi) is 5.26. The molecular weight excluding hydrogens is 263 g/mol. The number of nitrogens with zero attached hydrogens (tertiary/aromatic N) is 1. The molecule has 2 heterocycles. The predicted octanol–water partition coefficient (Wildman–Crippen LogP) is 3.08. The fourth-order valence-corrected chi connectivity index (χ4v) is 3.87. The van der Waals surface area contributed by atoms with Crippen LogP contribution in [0.15, 0.2) is 24.3 Å². The van der Waals surface area contributed by atoms with Crippen LogP contribution in [-0.4, -0.2) is 37.6 Å². The standard InChI is InChI=1S/C18H27FN2/c19-18-5-3-15(4-6-18)12-17-2-1-11-21(14-17)13-16-7-9-20-10-8-16/h3-6,16-17,20H,1-2,7-14H2/t17-/m0/s1. The molecule has 1 N–H and O–H groups in total. The van der Waals surface area contributed by atoms with E-state index in [1.165, 1.54) is 64.0 Å². The summed E-state index contributed by atoms with van der Waals surface area (Å²) in [5.41, 5.74) is 1.28. The maximum absolute atomic E-state index is 13.0. The minimum atomic E-state index is -0.130. The molecule has 2 saturated heterocycles. The average molecular weight is 290 g/mol. The molecule has 116 valence electrons. The summed E-state index contributed by atoms with van der Waals surface area (Å²) in [5.74, 6) is 1.50. The quantitative estimate of drug-likeness (QED) is 0.917. The van der Waals surface area contributed by atoms with Gasteiger partial charge in [-0.2, -0.15) is 0 Å². The second-order valence-electron chi connectivity index (χ2n) is 6.79. The van der Waals surface area contributed by atoms with Crippen molar-refractivity contribution in [3.8, 4) is 0 Å². The van der Waals surface area contributed by atoms with Crippen LogP contribution >= 0.6 is 0 Å². The molecule has 2 aliphatic rings. The molecular formula is C18H27FN2. The van der Waals surface area contributed by atoms with Crippen molar-refractivity contribution >= 4 is 0 Å². The van der Waals surface area contributed by atoms with Gasteiger partial charge in [-0.05, 0) is 81.3 Å². The third kappa shape index (κ3) is 4.52. The van der Waals surface area contributed by atoms with Crippen molar-refractivity contribution in [3.63, 3.8) is 0 Å². The van der Waals surface area contributed by atoms with Gasteiger partial charge in [-0.15, -0.1) is 0 Å². The van der Waals surface area contributed by atoms with Crippen LogP contribution in [0.5, 0.6) is 0 Å². The molecule has 1 aromatic carbocycles. The van der Waals surface area contributed by atoms with Crippen molar-refractivity contribution in [2.45, 2.75) is 32.1 Å². The van der Waals surface area contributed by atoms with Crippen LogP contribution in [0, 0.1) is 17.7 Å². The van der Waals surface area contributed by atoms with Crippen molar-refractivity contribution in [3.05, 3.63) is 35.6 Å². The molecule has 0 saturated carbocycles. The molecule has 0 radical (unpaired) electrons. The number of halogens is 1. The molecule has 2 aliphatic heterocycles. The fourth-order valence-electron chi connectivity index (χ4n) is 3.87. The fraction of sp³-hybridized carbons (Fsp3) is 0.667. The van der Waals surface area contributed by atoms with E-state index < -0.39 is 0 Å². The molecule has 0 spiro atoms. The minimum absolute atomic E-state index is 0.130. The summed E-state index contributed by atoms with van der Waals surface area (Å²) in [7, 11) is 0. The zero-order valence-electron chi connectivity index (χ0n) is 12.9. The van der Waals surface area contributed by atoms with Gasteiger partial charge in [0.15, 0.2) is 0 Å². The van der Waals surface area contributed by atoms with Crippen LogP contribution in [0.3, 0.4) is 0 Å². The Bertz CT molecular complexity index is 425. The van der Waals surface area contributed by atoms with E-state index in [4.69, 9.17) is 0 Å². The maximum atomic E-state index is 13.0. The maximum Gasteiger partial charge on any atom is 0.123 e. The van der Waals surface area contributed by atoms with Crippen molar-refractivity contribution in [1.82, 2.24) is 10.2 Å². The number of rotatable bonds is 4. The number of hydrogen-bond acceptors (Lipinski definition) is 2. The first-order valence-corrected chi connectivity index (χ1v) is 8.47. The van der Waals surface area contributed by atoms with Crippen LogP contribution in [0.4, 0.5) is 4.39 Å². The van der Waals surface area contributed by atoms with E-state index in [0.717, 1.165) is 18.3 Å². The van der Waals surface area contributed by atoms with Gasteiger partial charge in [-0.1, -0.05) is 12.1 Å². The molecule has 3 heteroatoms. The normalized spacial score (nSPS) is 25.1. The van der Waals surface area contributed by atoms with E-state index in [-0.39, 0.29) is 5.82 Å². The van der Waals surface area contributed by atoms with E-state index in [2.05, 4.69) is 10.2 Å². The molecule has 2 fully saturated rings. The third-order valence-electron chi connectivity index (χ3n) is 5.02. The van der Waals surface area contributed by atoms with Gasteiger partial charge in [-0.3, -0.25) is 0 Å². The van der Waals surface area contributed by atoms with E-state index in [1.54, 1.807) is 12.1 Å². The van der Waals surface area contributed by atoms with Crippen LogP contribution in [0.25, 0.3) is 0 Å². The Hall–Kier alpha value is -0.930. The zero-order chi connectivity index (χ0) is 14.5. The van der Waals surface area contributed by atoms with Gasteiger partial charge < -0.3 is 10.2 Å². The van der Waals surface area contributed by atoms with Crippen LogP contribution in [0.1, 0.15) is 31.2 Å². The second-order valence-corrected chi connectivity index (χ2v) is 6.79. The van der Waals surface area contributed by atoms with Crippen molar-refractivity contribution in [2.24, 2.45) is 11.8 Å². The van der Waals surface area contributed by atoms with Gasteiger partial charge in [0, 0.05) is 13.1 Å². The molecule has 3 rings (SSSR count). The van der Waals surface area contributed by atoms with Crippen molar-refractivity contribution < 1.29 is 4.39 Å². The predicted molar refractivity (Wildman–Crippen MR) is 84.9 cm³/mol. The highest BCUT2D eigenvalue weighted by Crippen LogP contribution is 2.23. The minimum Gasteiger partial charge on any atom is -0.317 e. The smallest absolute Gasteiger partial charge is 0.123 e. The monoisotopic (exact) mass is 290 g/mol. The summed E-state index contributed by atoms with van der Waals surface area (Å²) in [6, 6.07) is 7.07. The first-order chi connectivity index (χ1) is 10.3. The van der Waals surface area contributed by atoms with E-state index >= 15 is 0 Å². The summed E-state index contributed by atoms with van der Waals surface area (Å²) < 4.78 is 13.0. The van der Waals surface area contributed by atoms with Crippen LogP contribution < -0.4 is 5.32 Å². The van der Waals surface area contributed by atoms with Gasteiger partial charge in [0.05, 0.1) is 0 Å². The summed E-state index contributed by atoms with van der Waals surface area (Å²) in [5, 5.41) is 3.45. The van der Waals surface area contributed by atoms with Crippen LogP contribution in [0.2, 0.25) is 0 Å². The SMILES string of the molecule is Fc1ccc(C[C@@H]2CCCN(CC3CCNCC3)C2)cc1. The Morgan fingerprint density at radius 2 is 1.81 bits per heavy atom. The van der Waals surface area contributed by atoms with E-state index in [1.807, 2.05) is 12.1 Å². The largest absolute Gasteiger partial charge is 0.317 e. The van der Waals surface area contributed by atoms with Gasteiger partial charge in [0.1, 0.15) is 5.82 Å². The van der Waals surface area contributed by atoms with Gasteiger partial charge in [0.25, 0.3) is 0 Å². The molecule has 0 unspecified atom stereocenters. The van der Waals surface area contributed by atoms with Gasteiger partial charge >= 0.3 is 0 Å². The highest BCUT2D eigenvalue weighted by molar-refractivity contribution is 5.16. The topological polar surface area (TPSA) is 15.3 Å². The van der Waals surface area contributed by atoms with Gasteiger partial charge in [0.2, 0.25) is 0 Å². The first-order valence-electron chi connectivity index (χ1n) is 8.47. The van der Waals surface area contributed by atoms with E-state index in [0.29, 0.717) is 0 Å². The van der Waals surface area contributed by atoms with E-state index in [9.17, 15) is 4.39 Å². The van der Waals surface area contributed by atoms with Gasteiger partial charge in [-0.25, -0.2) is 4.39 Å². The molecule has 0 bridgehead atoms. The van der Waals surface area contributed by atoms with Crippen molar-refractivity contribution in [2.75, 3.05) is 32.7 Å². The molecule has 1 atom stereocenters. The molecule has 0 aliphatic carbocycles. The number of piperidine rings is 2. The lowest BCUT2D eigenvalue weighted by Gasteiger charge is -2.36. The second kappa shape index (κ2) is 7.37. The number of likely N-dealkylation sites (tertiary alicyclic amines) is 1. The summed E-state index contributed by atoms with van der Waals surface area (Å²) in [4.78, 5) is 2.67. The number of hydrogen-bond donors (Lipinski definition) is 1. The molecule has 21 heavy (non-hydrogen) atoms. The first kappa shape index (κ1) is 15.0. The highest BCUT2D eigenvalue weighted by Gasteiger charge is 2.23. The Labute approximate surface area is 127 Å². The summed E-state index contributed by atoms with van der Waals surface area (Å²) in [6.45, 7) is 6.15. The van der Waals surface area contributed by atoms with Crippen molar-refractivity contribution in [1.29, 1.82) is 0 Å². The lowest BCUT2D eigenvalue weighted by molar-refractivity contribution is 0.140. The summed E-state index contributed by atoms with van der Waals surface area (Å²) >= 11 is 0. The third-order valence-corrected chi connectivity index (χ3v) is 5.02. The lowest BCUT2D eigenvalue weighted by atomic mass is 9.90. The molecule has 1 aromatic rings. The lowest BCUT2D eigenvalue weighted by Crippen LogP contribution is -2.41.